The number of rotatable bonds is 3. The predicted octanol–water partition coefficient (Wildman–Crippen LogP) is 3.91. The van der Waals surface area contributed by atoms with Gasteiger partial charge in [-0.25, -0.2) is 0 Å². The second kappa shape index (κ2) is 5.40. The van der Waals surface area contributed by atoms with Crippen molar-refractivity contribution >= 4 is 27.3 Å². The van der Waals surface area contributed by atoms with E-state index in [0.29, 0.717) is 0 Å². The number of aromatic nitrogens is 1. The van der Waals surface area contributed by atoms with Gasteiger partial charge in [-0.15, -0.1) is 0 Å². The summed E-state index contributed by atoms with van der Waals surface area (Å²) in [5.41, 5.74) is 9.92. The van der Waals surface area contributed by atoms with E-state index in [-0.39, 0.29) is 6.04 Å². The van der Waals surface area contributed by atoms with E-state index < -0.39 is 0 Å². The molecule has 0 bridgehead atoms. The Hall–Kier alpha value is -1.55. The number of halogens is 1. The van der Waals surface area contributed by atoms with Gasteiger partial charge in [0.1, 0.15) is 0 Å². The fraction of sp³-hybridized carbons (Fsp3) is 0.214. The number of nitrogens with two attached hydrogens (primary N) is 1. The molecular formula is C14H16BrN3. The van der Waals surface area contributed by atoms with Gasteiger partial charge in [0.15, 0.2) is 0 Å². The van der Waals surface area contributed by atoms with Crippen LogP contribution in [0, 0.1) is 6.92 Å². The van der Waals surface area contributed by atoms with Crippen LogP contribution in [0.5, 0.6) is 0 Å². The largest absolute Gasteiger partial charge is 0.398 e. The zero-order valence-corrected chi connectivity index (χ0v) is 12.0. The van der Waals surface area contributed by atoms with Crippen LogP contribution in [-0.4, -0.2) is 4.98 Å². The molecule has 4 heteroatoms. The van der Waals surface area contributed by atoms with Crippen LogP contribution in [0.4, 0.5) is 11.4 Å². The van der Waals surface area contributed by atoms with E-state index in [1.165, 1.54) is 0 Å². The molecular weight excluding hydrogens is 290 g/mol. The zero-order valence-electron chi connectivity index (χ0n) is 10.4. The van der Waals surface area contributed by atoms with Crippen LogP contribution in [0.1, 0.15) is 24.1 Å². The lowest BCUT2D eigenvalue weighted by Crippen LogP contribution is -2.08. The Balaban J connectivity index is 2.22. The van der Waals surface area contributed by atoms with Crippen molar-refractivity contribution in [1.29, 1.82) is 0 Å². The highest BCUT2D eigenvalue weighted by Crippen LogP contribution is 2.30. The van der Waals surface area contributed by atoms with Gasteiger partial charge in [-0.2, -0.15) is 0 Å². The first-order chi connectivity index (χ1) is 8.58. The van der Waals surface area contributed by atoms with Crippen LogP contribution >= 0.6 is 15.9 Å². The molecule has 1 heterocycles. The highest BCUT2D eigenvalue weighted by atomic mass is 79.9. The van der Waals surface area contributed by atoms with Crippen LogP contribution in [0.25, 0.3) is 0 Å². The van der Waals surface area contributed by atoms with Gasteiger partial charge in [-0.3, -0.25) is 4.98 Å². The summed E-state index contributed by atoms with van der Waals surface area (Å²) in [7, 11) is 0. The Morgan fingerprint density at radius 1 is 1.39 bits per heavy atom. The average molecular weight is 306 g/mol. The molecule has 0 amide bonds. The number of hydrogen-bond acceptors (Lipinski definition) is 3. The fourth-order valence-corrected chi connectivity index (χ4v) is 2.23. The number of aryl methyl sites for hydroxylation is 1. The van der Waals surface area contributed by atoms with E-state index in [1.807, 2.05) is 31.3 Å². The van der Waals surface area contributed by atoms with E-state index in [9.17, 15) is 0 Å². The molecule has 1 aromatic carbocycles. The van der Waals surface area contributed by atoms with Crippen molar-refractivity contribution in [2.75, 3.05) is 11.1 Å². The molecule has 0 spiro atoms. The standard InChI is InChI=1S/C14H16BrN3/c1-9-6-14(12(15)7-13(9)16)18-10(2)11-4-3-5-17-8-11/h3-8,10,18H,16H2,1-2H3. The minimum Gasteiger partial charge on any atom is -0.398 e. The predicted molar refractivity (Wildman–Crippen MR) is 79.6 cm³/mol. The number of pyridine rings is 1. The molecule has 1 atom stereocenters. The molecule has 0 radical (unpaired) electrons. The van der Waals surface area contributed by atoms with E-state index in [4.69, 9.17) is 5.73 Å². The first-order valence-corrected chi connectivity index (χ1v) is 6.59. The third-order valence-electron chi connectivity index (χ3n) is 2.91. The monoisotopic (exact) mass is 305 g/mol. The highest BCUT2D eigenvalue weighted by molar-refractivity contribution is 9.10. The lowest BCUT2D eigenvalue weighted by Gasteiger charge is -2.17. The van der Waals surface area contributed by atoms with Gasteiger partial charge >= 0.3 is 0 Å². The molecule has 3 nitrogen and oxygen atoms in total. The van der Waals surface area contributed by atoms with Crippen molar-refractivity contribution in [2.24, 2.45) is 0 Å². The minimum absolute atomic E-state index is 0.193. The molecule has 0 aliphatic rings. The van der Waals surface area contributed by atoms with Gasteiger partial charge < -0.3 is 11.1 Å². The molecule has 3 N–H and O–H groups in total. The summed E-state index contributed by atoms with van der Waals surface area (Å²) in [5.74, 6) is 0. The van der Waals surface area contributed by atoms with Crippen LogP contribution in [-0.2, 0) is 0 Å². The van der Waals surface area contributed by atoms with Gasteiger partial charge in [-0.05, 0) is 59.1 Å². The van der Waals surface area contributed by atoms with Crippen molar-refractivity contribution < 1.29 is 0 Å². The minimum atomic E-state index is 0.193. The molecule has 18 heavy (non-hydrogen) atoms. The maximum Gasteiger partial charge on any atom is 0.0501 e. The van der Waals surface area contributed by atoms with E-state index >= 15 is 0 Å². The van der Waals surface area contributed by atoms with Crippen LogP contribution in [0.15, 0.2) is 41.1 Å². The Bertz CT molecular complexity index is 540. The van der Waals surface area contributed by atoms with Crippen molar-refractivity contribution in [2.45, 2.75) is 19.9 Å². The zero-order chi connectivity index (χ0) is 13.1. The average Bonchev–Trinajstić information content (AvgIpc) is 2.37. The van der Waals surface area contributed by atoms with Crippen molar-refractivity contribution in [3.63, 3.8) is 0 Å². The fourth-order valence-electron chi connectivity index (χ4n) is 1.76. The first kappa shape index (κ1) is 12.9. The van der Waals surface area contributed by atoms with Gasteiger partial charge in [-0.1, -0.05) is 6.07 Å². The summed E-state index contributed by atoms with van der Waals surface area (Å²) in [4.78, 5) is 4.13. The second-order valence-corrected chi connectivity index (χ2v) is 5.20. The van der Waals surface area contributed by atoms with Crippen LogP contribution in [0.3, 0.4) is 0 Å². The molecule has 0 saturated heterocycles. The normalized spacial score (nSPS) is 12.2. The first-order valence-electron chi connectivity index (χ1n) is 5.80. The number of anilines is 2. The topological polar surface area (TPSA) is 50.9 Å². The molecule has 1 unspecified atom stereocenters. The molecule has 0 fully saturated rings. The van der Waals surface area contributed by atoms with E-state index in [2.05, 4.69) is 39.2 Å². The quantitative estimate of drug-likeness (QED) is 0.845. The second-order valence-electron chi connectivity index (χ2n) is 4.34. The summed E-state index contributed by atoms with van der Waals surface area (Å²) in [5, 5.41) is 3.45. The number of hydrogen-bond donors (Lipinski definition) is 2. The summed E-state index contributed by atoms with van der Waals surface area (Å²) >= 11 is 3.52. The van der Waals surface area contributed by atoms with Gasteiger partial charge in [0.25, 0.3) is 0 Å². The number of nitrogens with one attached hydrogen (secondary N) is 1. The number of nitrogen functional groups attached to an aromatic ring is 1. The van der Waals surface area contributed by atoms with Crippen molar-refractivity contribution in [3.05, 3.63) is 52.3 Å². The number of benzene rings is 1. The SMILES string of the molecule is Cc1cc(NC(C)c2cccnc2)c(Br)cc1N. The van der Waals surface area contributed by atoms with E-state index in [1.54, 1.807) is 6.20 Å². The lowest BCUT2D eigenvalue weighted by atomic mass is 10.1. The smallest absolute Gasteiger partial charge is 0.0501 e. The molecule has 94 valence electrons. The third-order valence-corrected chi connectivity index (χ3v) is 3.57. The van der Waals surface area contributed by atoms with Crippen LogP contribution < -0.4 is 11.1 Å². The summed E-state index contributed by atoms with van der Waals surface area (Å²) in [6.45, 7) is 4.11. The lowest BCUT2D eigenvalue weighted by molar-refractivity contribution is 0.874. The number of nitrogens with zero attached hydrogens (tertiary/aromatic N) is 1. The third kappa shape index (κ3) is 2.82. The molecule has 0 aliphatic heterocycles. The molecule has 2 aromatic rings. The Morgan fingerprint density at radius 2 is 2.17 bits per heavy atom. The Morgan fingerprint density at radius 3 is 2.83 bits per heavy atom. The van der Waals surface area contributed by atoms with Gasteiger partial charge in [0.2, 0.25) is 0 Å². The van der Waals surface area contributed by atoms with Gasteiger partial charge in [0, 0.05) is 28.2 Å². The van der Waals surface area contributed by atoms with Crippen molar-refractivity contribution in [3.8, 4) is 0 Å². The summed E-state index contributed by atoms with van der Waals surface area (Å²) < 4.78 is 0.973. The molecule has 0 aliphatic carbocycles. The molecule has 2 rings (SSSR count). The maximum atomic E-state index is 5.86. The highest BCUT2D eigenvalue weighted by Gasteiger charge is 2.09. The summed E-state index contributed by atoms with van der Waals surface area (Å²) in [6, 6.07) is 8.16. The van der Waals surface area contributed by atoms with E-state index in [0.717, 1.165) is 27.0 Å². The summed E-state index contributed by atoms with van der Waals surface area (Å²) in [6.07, 6.45) is 3.65. The van der Waals surface area contributed by atoms with Gasteiger partial charge in [0.05, 0.1) is 6.04 Å². The van der Waals surface area contributed by atoms with Crippen LogP contribution in [0.2, 0.25) is 0 Å². The molecule has 1 aromatic heterocycles. The maximum absolute atomic E-state index is 5.86. The Labute approximate surface area is 116 Å². The van der Waals surface area contributed by atoms with Crippen molar-refractivity contribution in [1.82, 2.24) is 4.98 Å². The Kier molecular flexibility index (Phi) is 3.87. The molecule has 0 saturated carbocycles.